The van der Waals surface area contributed by atoms with E-state index < -0.39 is 0 Å². The summed E-state index contributed by atoms with van der Waals surface area (Å²) < 4.78 is 5.55. The summed E-state index contributed by atoms with van der Waals surface area (Å²) in [5.41, 5.74) is 1.75. The van der Waals surface area contributed by atoms with Crippen molar-refractivity contribution in [2.45, 2.75) is 25.8 Å². The largest absolute Gasteiger partial charge is 0.489 e. The number of urea groups is 1. The number of hydrogen-bond donors (Lipinski definition) is 2. The smallest absolute Gasteiger partial charge is 0.319 e. The molecule has 23 heavy (non-hydrogen) atoms. The average Bonchev–Trinajstić information content (AvgIpc) is 2.55. The van der Waals surface area contributed by atoms with Crippen LogP contribution in [0.1, 0.15) is 19.8 Å². The van der Waals surface area contributed by atoms with Gasteiger partial charge in [0.1, 0.15) is 12.4 Å². The molecule has 1 aromatic rings. The standard InChI is InChI=1S/C18H25N3O2/c1-13(2)12-23-16-5-3-15(4-6-16)19-18(22)20-17-11-21-9-7-14(17)8-10-21/h3-6,14,17H,1,7-12H2,2H3,(H2,19,20,22)/t17-/m1/s1. The molecule has 2 bridgehead atoms. The lowest BCUT2D eigenvalue weighted by molar-refractivity contribution is 0.0777. The number of nitrogens with zero attached hydrogens (tertiary/aromatic N) is 1. The number of piperidine rings is 3. The van der Waals surface area contributed by atoms with Gasteiger partial charge in [-0.05, 0) is 68.6 Å². The fourth-order valence-corrected chi connectivity index (χ4v) is 3.31. The van der Waals surface area contributed by atoms with Crippen LogP contribution in [-0.4, -0.2) is 43.2 Å². The summed E-state index contributed by atoms with van der Waals surface area (Å²) in [5.74, 6) is 1.40. The van der Waals surface area contributed by atoms with Gasteiger partial charge in [-0.25, -0.2) is 4.79 Å². The van der Waals surface area contributed by atoms with Gasteiger partial charge in [0.05, 0.1) is 0 Å². The van der Waals surface area contributed by atoms with Crippen LogP contribution in [0.5, 0.6) is 5.75 Å². The fraction of sp³-hybridized carbons (Fsp3) is 0.500. The van der Waals surface area contributed by atoms with Crippen molar-refractivity contribution in [1.29, 1.82) is 0 Å². The molecular weight excluding hydrogens is 290 g/mol. The van der Waals surface area contributed by atoms with Crippen molar-refractivity contribution in [1.82, 2.24) is 10.2 Å². The Labute approximate surface area is 137 Å². The number of hydrogen-bond acceptors (Lipinski definition) is 3. The Kier molecular flexibility index (Phi) is 4.86. The molecule has 1 atom stereocenters. The normalized spacial score (nSPS) is 25.7. The third-order valence-corrected chi connectivity index (χ3v) is 4.57. The maximum Gasteiger partial charge on any atom is 0.319 e. The molecule has 0 aliphatic carbocycles. The van der Waals surface area contributed by atoms with Crippen LogP contribution in [0.4, 0.5) is 10.5 Å². The van der Waals surface area contributed by atoms with E-state index in [0.29, 0.717) is 12.5 Å². The molecule has 4 rings (SSSR count). The number of amides is 2. The molecule has 0 spiro atoms. The van der Waals surface area contributed by atoms with Crippen molar-refractivity contribution >= 4 is 11.7 Å². The van der Waals surface area contributed by atoms with E-state index in [4.69, 9.17) is 4.74 Å². The summed E-state index contributed by atoms with van der Waals surface area (Å²) in [7, 11) is 0. The first-order chi connectivity index (χ1) is 11.1. The number of carbonyl (C=O) groups is 1. The second-order valence-corrected chi connectivity index (χ2v) is 6.61. The van der Waals surface area contributed by atoms with Gasteiger partial charge in [0.25, 0.3) is 0 Å². The number of rotatable bonds is 5. The van der Waals surface area contributed by atoms with Crippen molar-refractivity contribution in [3.8, 4) is 5.75 Å². The Morgan fingerprint density at radius 3 is 2.57 bits per heavy atom. The number of benzene rings is 1. The lowest BCUT2D eigenvalue weighted by Gasteiger charge is -2.44. The minimum atomic E-state index is -0.126. The van der Waals surface area contributed by atoms with E-state index in [-0.39, 0.29) is 12.1 Å². The van der Waals surface area contributed by atoms with E-state index in [2.05, 4.69) is 22.1 Å². The van der Waals surface area contributed by atoms with Crippen molar-refractivity contribution in [2.24, 2.45) is 5.92 Å². The zero-order chi connectivity index (χ0) is 16.2. The SMILES string of the molecule is C=C(C)COc1ccc(NC(=O)N[C@@H]2CN3CCC2CC3)cc1. The predicted molar refractivity (Wildman–Crippen MR) is 91.9 cm³/mol. The van der Waals surface area contributed by atoms with Crippen LogP contribution in [-0.2, 0) is 0 Å². The number of carbonyl (C=O) groups excluding carboxylic acids is 1. The van der Waals surface area contributed by atoms with Gasteiger partial charge in [0.15, 0.2) is 0 Å². The van der Waals surface area contributed by atoms with Crippen LogP contribution in [0.2, 0.25) is 0 Å². The van der Waals surface area contributed by atoms with Crippen LogP contribution in [0, 0.1) is 5.92 Å². The van der Waals surface area contributed by atoms with Gasteiger partial charge in [0.2, 0.25) is 0 Å². The summed E-state index contributed by atoms with van der Waals surface area (Å²) in [5, 5.41) is 6.02. The highest BCUT2D eigenvalue weighted by molar-refractivity contribution is 5.89. The van der Waals surface area contributed by atoms with E-state index in [9.17, 15) is 4.79 Å². The number of anilines is 1. The zero-order valence-corrected chi connectivity index (χ0v) is 13.7. The van der Waals surface area contributed by atoms with Crippen molar-refractivity contribution in [3.63, 3.8) is 0 Å². The summed E-state index contributed by atoms with van der Waals surface area (Å²) in [6.45, 7) is 9.57. The van der Waals surface area contributed by atoms with Gasteiger partial charge in [-0.2, -0.15) is 0 Å². The molecule has 3 aliphatic rings. The number of nitrogens with one attached hydrogen (secondary N) is 2. The highest BCUT2D eigenvalue weighted by Crippen LogP contribution is 2.27. The minimum Gasteiger partial charge on any atom is -0.489 e. The highest BCUT2D eigenvalue weighted by atomic mass is 16.5. The van der Waals surface area contributed by atoms with Crippen molar-refractivity contribution in [2.75, 3.05) is 31.6 Å². The maximum absolute atomic E-state index is 12.2. The predicted octanol–water partition coefficient (Wildman–Crippen LogP) is 2.86. The summed E-state index contributed by atoms with van der Waals surface area (Å²) in [6, 6.07) is 7.56. The van der Waals surface area contributed by atoms with Gasteiger partial charge in [-0.15, -0.1) is 0 Å². The topological polar surface area (TPSA) is 53.6 Å². The monoisotopic (exact) mass is 315 g/mol. The third-order valence-electron chi connectivity index (χ3n) is 4.57. The van der Waals surface area contributed by atoms with E-state index in [0.717, 1.165) is 23.6 Å². The highest BCUT2D eigenvalue weighted by Gasteiger charge is 2.34. The summed E-state index contributed by atoms with van der Waals surface area (Å²) in [4.78, 5) is 14.6. The molecule has 124 valence electrons. The van der Waals surface area contributed by atoms with Crippen molar-refractivity contribution < 1.29 is 9.53 Å². The quantitative estimate of drug-likeness (QED) is 0.822. The Morgan fingerprint density at radius 1 is 1.30 bits per heavy atom. The lowest BCUT2D eigenvalue weighted by atomic mass is 9.84. The Balaban J connectivity index is 1.48. The van der Waals surface area contributed by atoms with E-state index in [1.165, 1.54) is 25.9 Å². The molecule has 2 amide bonds. The molecular formula is C18H25N3O2. The second kappa shape index (κ2) is 7.04. The van der Waals surface area contributed by atoms with Crippen LogP contribution in [0.15, 0.2) is 36.4 Å². The maximum atomic E-state index is 12.2. The van der Waals surface area contributed by atoms with Crippen LogP contribution in [0.25, 0.3) is 0 Å². The molecule has 2 N–H and O–H groups in total. The first-order valence-corrected chi connectivity index (χ1v) is 8.27. The van der Waals surface area contributed by atoms with E-state index in [1.54, 1.807) is 0 Å². The van der Waals surface area contributed by atoms with Gasteiger partial charge < -0.3 is 20.3 Å². The zero-order valence-electron chi connectivity index (χ0n) is 13.7. The molecule has 5 nitrogen and oxygen atoms in total. The lowest BCUT2D eigenvalue weighted by Crippen LogP contribution is -2.57. The molecule has 0 radical (unpaired) electrons. The van der Waals surface area contributed by atoms with E-state index in [1.807, 2.05) is 31.2 Å². The third kappa shape index (κ3) is 4.26. The number of fused-ring (bicyclic) bond motifs is 3. The van der Waals surface area contributed by atoms with Crippen molar-refractivity contribution in [3.05, 3.63) is 36.4 Å². The van der Waals surface area contributed by atoms with Crippen LogP contribution >= 0.6 is 0 Å². The van der Waals surface area contributed by atoms with Crippen LogP contribution < -0.4 is 15.4 Å². The molecule has 3 aliphatic heterocycles. The van der Waals surface area contributed by atoms with E-state index >= 15 is 0 Å². The minimum absolute atomic E-state index is 0.126. The Morgan fingerprint density at radius 2 is 2.00 bits per heavy atom. The molecule has 5 heteroatoms. The molecule has 1 aromatic carbocycles. The second-order valence-electron chi connectivity index (χ2n) is 6.61. The van der Waals surface area contributed by atoms with Gasteiger partial charge in [-0.3, -0.25) is 0 Å². The number of ether oxygens (including phenoxy) is 1. The average molecular weight is 315 g/mol. The van der Waals surface area contributed by atoms with Gasteiger partial charge >= 0.3 is 6.03 Å². The van der Waals surface area contributed by atoms with Gasteiger partial charge in [0, 0.05) is 18.3 Å². The first kappa shape index (κ1) is 15.9. The molecule has 0 aromatic heterocycles. The molecule has 3 saturated heterocycles. The Hall–Kier alpha value is -2.01. The van der Waals surface area contributed by atoms with Crippen LogP contribution in [0.3, 0.4) is 0 Å². The molecule has 3 fully saturated rings. The molecule has 0 unspecified atom stereocenters. The summed E-state index contributed by atoms with van der Waals surface area (Å²) >= 11 is 0. The Bertz CT molecular complexity index is 562. The fourth-order valence-electron chi connectivity index (χ4n) is 3.31. The first-order valence-electron chi connectivity index (χ1n) is 8.27. The molecule has 3 heterocycles. The van der Waals surface area contributed by atoms with Gasteiger partial charge in [-0.1, -0.05) is 6.58 Å². The summed E-state index contributed by atoms with van der Waals surface area (Å²) in [6.07, 6.45) is 2.39. The molecule has 0 saturated carbocycles.